The van der Waals surface area contributed by atoms with Crippen molar-refractivity contribution in [2.45, 2.75) is 0 Å². The predicted molar refractivity (Wildman–Crippen MR) is 87.2 cm³/mol. The summed E-state index contributed by atoms with van der Waals surface area (Å²) in [6, 6.07) is 3.15. The highest BCUT2D eigenvalue weighted by atomic mass is 79.9. The van der Waals surface area contributed by atoms with Crippen molar-refractivity contribution in [1.29, 1.82) is 0 Å². The van der Waals surface area contributed by atoms with Gasteiger partial charge in [-0.15, -0.1) is 0 Å². The first-order chi connectivity index (χ1) is 10.3. The van der Waals surface area contributed by atoms with Crippen molar-refractivity contribution in [2.75, 3.05) is 13.7 Å². The van der Waals surface area contributed by atoms with Crippen LogP contribution in [0.25, 0.3) is 6.08 Å². The molecule has 0 aliphatic carbocycles. The van der Waals surface area contributed by atoms with Gasteiger partial charge in [-0.05, 0) is 39.7 Å². The molecule has 0 atom stereocenters. The van der Waals surface area contributed by atoms with E-state index < -0.39 is 18.4 Å². The van der Waals surface area contributed by atoms with Gasteiger partial charge in [-0.2, -0.15) is 0 Å². The highest BCUT2D eigenvalue weighted by molar-refractivity contribution is 9.10. The minimum atomic E-state index is -1.38. The molecule has 1 aromatic rings. The summed E-state index contributed by atoms with van der Waals surface area (Å²) in [6.45, 7) is -0.579. The smallest absolute Gasteiger partial charge is 0.266 e. The number of carboxylic acid groups (broad SMARTS) is 1. The maximum atomic E-state index is 12.1. The summed E-state index contributed by atoms with van der Waals surface area (Å²) in [7, 11) is 1.41. The van der Waals surface area contributed by atoms with Crippen molar-refractivity contribution >= 4 is 62.2 Å². The molecule has 0 saturated carbocycles. The molecule has 2 rings (SSSR count). The maximum absolute atomic E-state index is 12.1. The molecule has 1 N–H and O–H groups in total. The van der Waals surface area contributed by atoms with E-state index in [9.17, 15) is 19.8 Å². The van der Waals surface area contributed by atoms with Gasteiger partial charge in [0.05, 0.1) is 29.0 Å². The van der Waals surface area contributed by atoms with E-state index in [1.807, 2.05) is 0 Å². The highest BCUT2D eigenvalue weighted by Crippen LogP contribution is 2.38. The third kappa shape index (κ3) is 3.42. The van der Waals surface area contributed by atoms with Gasteiger partial charge in [0.25, 0.3) is 5.91 Å². The largest absolute Gasteiger partial charge is 0.548 e. The topological polar surface area (TPSA) is 89.9 Å². The molecule has 0 unspecified atom stereocenters. The summed E-state index contributed by atoms with van der Waals surface area (Å²) in [6.07, 6.45) is 1.54. The monoisotopic (exact) mass is 402 g/mol. The molecule has 116 valence electrons. The van der Waals surface area contributed by atoms with Gasteiger partial charge in [0, 0.05) is 0 Å². The zero-order chi connectivity index (χ0) is 16.4. The molecule has 1 fully saturated rings. The van der Waals surface area contributed by atoms with E-state index in [0.717, 1.165) is 16.7 Å². The number of hydrogen-bond acceptors (Lipinski definition) is 7. The Bertz CT molecular complexity index is 704. The number of thiocarbonyl (C=S) groups is 1. The molecule has 1 aromatic carbocycles. The normalized spacial score (nSPS) is 16.5. The second kappa shape index (κ2) is 6.67. The molecule has 0 spiro atoms. The molecule has 1 aliphatic rings. The number of phenolic OH excluding ortho intramolecular Hbond substituents is 1. The van der Waals surface area contributed by atoms with Gasteiger partial charge in [-0.25, -0.2) is 0 Å². The second-order valence-electron chi connectivity index (χ2n) is 4.19. The number of thioether (sulfide) groups is 1. The van der Waals surface area contributed by atoms with E-state index in [1.165, 1.54) is 7.11 Å². The number of benzene rings is 1. The third-order valence-corrected chi connectivity index (χ3v) is 4.71. The number of methoxy groups -OCH3 is 1. The Morgan fingerprint density at radius 3 is 2.86 bits per heavy atom. The number of rotatable bonds is 4. The summed E-state index contributed by atoms with van der Waals surface area (Å²) in [5.41, 5.74) is 0.593. The molecule has 1 amide bonds. The molecule has 0 bridgehead atoms. The van der Waals surface area contributed by atoms with Crippen molar-refractivity contribution in [3.8, 4) is 11.5 Å². The van der Waals surface area contributed by atoms with Crippen LogP contribution in [0.5, 0.6) is 11.5 Å². The van der Waals surface area contributed by atoms with E-state index in [1.54, 1.807) is 18.2 Å². The number of carboxylic acids is 1. The molecule has 6 nitrogen and oxygen atoms in total. The number of hydrogen-bond donors (Lipinski definition) is 1. The molecule has 0 aromatic heterocycles. The van der Waals surface area contributed by atoms with E-state index in [-0.39, 0.29) is 20.7 Å². The lowest BCUT2D eigenvalue weighted by Crippen LogP contribution is -2.40. The Hall–Kier alpha value is -1.58. The quantitative estimate of drug-likeness (QED) is 0.595. The van der Waals surface area contributed by atoms with Crippen LogP contribution in [0.2, 0.25) is 0 Å². The predicted octanol–water partition coefficient (Wildman–Crippen LogP) is 1.11. The van der Waals surface area contributed by atoms with Crippen LogP contribution in [0.3, 0.4) is 0 Å². The Morgan fingerprint density at radius 1 is 1.59 bits per heavy atom. The molecular weight excluding hydrogens is 394 g/mol. The number of aliphatic carboxylic acids is 1. The lowest BCUT2D eigenvalue weighted by molar-refractivity contribution is -0.305. The van der Waals surface area contributed by atoms with E-state index in [4.69, 9.17) is 17.0 Å². The van der Waals surface area contributed by atoms with Crippen molar-refractivity contribution < 1.29 is 24.5 Å². The Labute approximate surface area is 143 Å². The van der Waals surface area contributed by atoms with Crippen molar-refractivity contribution in [2.24, 2.45) is 0 Å². The summed E-state index contributed by atoms with van der Waals surface area (Å²) in [4.78, 5) is 24.0. The average molecular weight is 403 g/mol. The molecule has 0 radical (unpaired) electrons. The molecule has 1 aliphatic heterocycles. The van der Waals surface area contributed by atoms with Gasteiger partial charge in [-0.3, -0.25) is 9.69 Å². The zero-order valence-electron chi connectivity index (χ0n) is 11.2. The first-order valence-corrected chi connectivity index (χ1v) is 7.87. The molecule has 1 heterocycles. The number of ether oxygens (including phenoxy) is 1. The van der Waals surface area contributed by atoms with Crippen molar-refractivity contribution in [1.82, 2.24) is 4.90 Å². The van der Waals surface area contributed by atoms with Gasteiger partial charge in [0.1, 0.15) is 4.32 Å². The van der Waals surface area contributed by atoms with Gasteiger partial charge in [-0.1, -0.05) is 24.0 Å². The minimum Gasteiger partial charge on any atom is -0.548 e. The highest BCUT2D eigenvalue weighted by Gasteiger charge is 2.31. The number of aromatic hydroxyl groups is 1. The lowest BCUT2D eigenvalue weighted by atomic mass is 10.2. The number of carbonyl (C=O) groups excluding carboxylic acids is 2. The van der Waals surface area contributed by atoms with E-state index >= 15 is 0 Å². The summed E-state index contributed by atoms with van der Waals surface area (Å²) in [5, 5.41) is 20.4. The first kappa shape index (κ1) is 16.8. The number of nitrogens with zero attached hydrogens (tertiary/aromatic N) is 1. The molecule has 9 heteroatoms. The van der Waals surface area contributed by atoms with Gasteiger partial charge in [0.15, 0.2) is 11.5 Å². The summed E-state index contributed by atoms with van der Waals surface area (Å²) < 4.78 is 5.59. The fourth-order valence-corrected chi connectivity index (χ4v) is 3.46. The third-order valence-electron chi connectivity index (χ3n) is 2.73. The first-order valence-electron chi connectivity index (χ1n) is 5.85. The van der Waals surface area contributed by atoms with Crippen LogP contribution in [0.4, 0.5) is 0 Å². The van der Waals surface area contributed by atoms with Crippen LogP contribution in [0.15, 0.2) is 21.5 Å². The number of carbonyl (C=O) groups is 2. The maximum Gasteiger partial charge on any atom is 0.266 e. The number of halogens is 1. The second-order valence-corrected chi connectivity index (χ2v) is 6.72. The SMILES string of the molecule is COc1cc(/C=C2\SC(=S)N(CC(=O)[O-])C2=O)cc(Br)c1O. The van der Waals surface area contributed by atoms with E-state index in [0.29, 0.717) is 10.0 Å². The Morgan fingerprint density at radius 2 is 2.27 bits per heavy atom. The summed E-state index contributed by atoms with van der Waals surface area (Å²) in [5.74, 6) is -1.69. The van der Waals surface area contributed by atoms with Crippen LogP contribution in [0, 0.1) is 0 Å². The van der Waals surface area contributed by atoms with Crippen molar-refractivity contribution in [3.05, 3.63) is 27.1 Å². The molecule has 22 heavy (non-hydrogen) atoms. The standard InChI is InChI=1S/C13H10BrNO5S2/c1-20-8-3-6(2-7(14)11(8)18)4-9-12(19)15(5-10(16)17)13(21)22-9/h2-4,18H,5H2,1H3,(H,16,17)/p-1/b9-4-. The summed E-state index contributed by atoms with van der Waals surface area (Å²) >= 11 is 9.17. The van der Waals surface area contributed by atoms with Gasteiger partial charge in [0.2, 0.25) is 0 Å². The van der Waals surface area contributed by atoms with Crippen LogP contribution >= 0.6 is 39.9 Å². The van der Waals surface area contributed by atoms with Crippen molar-refractivity contribution in [3.63, 3.8) is 0 Å². The van der Waals surface area contributed by atoms with Crippen LogP contribution in [0.1, 0.15) is 5.56 Å². The average Bonchev–Trinajstić information content (AvgIpc) is 2.70. The minimum absolute atomic E-state index is 0.0517. The molecular formula is C13H9BrNO5S2-. The van der Waals surface area contributed by atoms with Crippen LogP contribution in [-0.2, 0) is 9.59 Å². The van der Waals surface area contributed by atoms with Crippen LogP contribution < -0.4 is 9.84 Å². The Kier molecular flexibility index (Phi) is 5.09. The van der Waals surface area contributed by atoms with Gasteiger partial charge >= 0.3 is 0 Å². The van der Waals surface area contributed by atoms with Gasteiger partial charge < -0.3 is 19.7 Å². The number of phenols is 1. The fourth-order valence-electron chi connectivity index (χ4n) is 1.75. The zero-order valence-corrected chi connectivity index (χ0v) is 14.4. The van der Waals surface area contributed by atoms with Crippen LogP contribution in [-0.4, -0.2) is 39.9 Å². The van der Waals surface area contributed by atoms with E-state index in [2.05, 4.69) is 15.9 Å². The number of amides is 1. The fraction of sp³-hybridized carbons (Fsp3) is 0.154. The molecule has 1 saturated heterocycles. The Balaban J connectivity index is 2.34. The lowest BCUT2D eigenvalue weighted by Gasteiger charge is -2.14.